The van der Waals surface area contributed by atoms with Crippen molar-refractivity contribution in [1.82, 2.24) is 4.98 Å². The molecule has 0 atom stereocenters. The first-order valence-corrected chi connectivity index (χ1v) is 7.96. The molecule has 2 aromatic carbocycles. The van der Waals surface area contributed by atoms with Crippen molar-refractivity contribution in [2.24, 2.45) is 4.99 Å². The number of nitrogens with zero attached hydrogens (tertiary/aromatic N) is 2. The van der Waals surface area contributed by atoms with Crippen molar-refractivity contribution in [2.75, 3.05) is 0 Å². The fraction of sp³-hybridized carbons (Fsp3) is 0.143. The van der Waals surface area contributed by atoms with Crippen LogP contribution in [-0.4, -0.2) is 11.2 Å². The fourth-order valence-corrected chi connectivity index (χ4v) is 2.64. The van der Waals surface area contributed by atoms with Gasteiger partial charge in [-0.1, -0.05) is 61.5 Å². The van der Waals surface area contributed by atoms with Gasteiger partial charge >= 0.3 is 0 Å². The number of aryl methyl sites for hydroxylation is 1. The minimum absolute atomic E-state index is 0.879. The lowest BCUT2D eigenvalue weighted by atomic mass is 9.99. The molecule has 0 aliphatic rings. The minimum Gasteiger partial charge on any atom is -0.255 e. The molecular formula is C21H20N2. The smallest absolute Gasteiger partial charge is 0.0812 e. The monoisotopic (exact) mass is 300 g/mol. The lowest BCUT2D eigenvalue weighted by Crippen LogP contribution is -1.93. The average Bonchev–Trinajstić information content (AvgIpc) is 2.62. The Balaban J connectivity index is 1.95. The Labute approximate surface area is 137 Å². The molecule has 1 aromatic heterocycles. The normalized spacial score (nSPS) is 11.0. The molecule has 0 aliphatic carbocycles. The number of rotatable bonds is 5. The maximum atomic E-state index is 4.76. The van der Waals surface area contributed by atoms with Crippen molar-refractivity contribution in [3.63, 3.8) is 0 Å². The zero-order valence-corrected chi connectivity index (χ0v) is 13.3. The molecule has 0 saturated carbocycles. The van der Waals surface area contributed by atoms with Crippen LogP contribution in [0, 0.1) is 0 Å². The zero-order chi connectivity index (χ0) is 15.9. The number of aromatic nitrogens is 1. The Morgan fingerprint density at radius 2 is 1.65 bits per heavy atom. The van der Waals surface area contributed by atoms with Crippen LogP contribution in [0.3, 0.4) is 0 Å². The van der Waals surface area contributed by atoms with Crippen molar-refractivity contribution in [2.45, 2.75) is 19.8 Å². The lowest BCUT2D eigenvalue weighted by Gasteiger charge is -2.10. The number of para-hydroxylation sites is 1. The van der Waals surface area contributed by atoms with Crippen molar-refractivity contribution in [3.05, 3.63) is 95.3 Å². The summed E-state index contributed by atoms with van der Waals surface area (Å²) in [5.74, 6) is 0. The molecule has 114 valence electrons. The van der Waals surface area contributed by atoms with E-state index in [1.165, 1.54) is 16.7 Å². The van der Waals surface area contributed by atoms with Crippen molar-refractivity contribution < 1.29 is 0 Å². The van der Waals surface area contributed by atoms with E-state index in [-0.39, 0.29) is 0 Å². The van der Waals surface area contributed by atoms with Gasteiger partial charge in [-0.15, -0.1) is 0 Å². The van der Waals surface area contributed by atoms with Gasteiger partial charge in [0, 0.05) is 6.20 Å². The summed E-state index contributed by atoms with van der Waals surface area (Å²) in [6.07, 6.45) is 5.50. The summed E-state index contributed by atoms with van der Waals surface area (Å²) in [4.78, 5) is 9.07. The van der Waals surface area contributed by atoms with E-state index in [2.05, 4.69) is 54.4 Å². The quantitative estimate of drug-likeness (QED) is 0.610. The third kappa shape index (κ3) is 3.92. The molecule has 3 aromatic rings. The SMILES string of the molecule is CCc1cccc(Cc2ccccc2)c1N=Cc1ccccn1. The van der Waals surface area contributed by atoms with Crippen LogP contribution >= 0.6 is 0 Å². The topological polar surface area (TPSA) is 25.2 Å². The molecule has 3 rings (SSSR count). The highest BCUT2D eigenvalue weighted by atomic mass is 14.8. The molecule has 0 bridgehead atoms. The molecule has 0 saturated heterocycles. The molecule has 0 unspecified atom stereocenters. The van der Waals surface area contributed by atoms with Crippen LogP contribution in [0.5, 0.6) is 0 Å². The molecule has 1 heterocycles. The van der Waals surface area contributed by atoms with Gasteiger partial charge in [0.05, 0.1) is 17.6 Å². The van der Waals surface area contributed by atoms with Crippen LogP contribution in [0.1, 0.15) is 29.3 Å². The maximum absolute atomic E-state index is 4.76. The molecule has 0 spiro atoms. The van der Waals surface area contributed by atoms with E-state index in [0.29, 0.717) is 0 Å². The molecule has 2 heteroatoms. The van der Waals surface area contributed by atoms with E-state index >= 15 is 0 Å². The fourth-order valence-electron chi connectivity index (χ4n) is 2.64. The summed E-state index contributed by atoms with van der Waals surface area (Å²) in [6, 6.07) is 22.8. The Morgan fingerprint density at radius 1 is 0.870 bits per heavy atom. The second-order valence-electron chi connectivity index (χ2n) is 5.45. The highest BCUT2D eigenvalue weighted by molar-refractivity contribution is 5.80. The van der Waals surface area contributed by atoms with Crippen LogP contribution in [0.4, 0.5) is 5.69 Å². The Hall–Kier alpha value is -2.74. The number of benzene rings is 2. The summed E-state index contributed by atoms with van der Waals surface area (Å²) in [5.41, 5.74) is 5.77. The second-order valence-corrected chi connectivity index (χ2v) is 5.45. The first kappa shape index (κ1) is 15.2. The second kappa shape index (κ2) is 7.50. The molecular weight excluding hydrogens is 280 g/mol. The molecule has 23 heavy (non-hydrogen) atoms. The first-order valence-electron chi connectivity index (χ1n) is 7.96. The van der Waals surface area contributed by atoms with E-state index in [0.717, 1.165) is 24.2 Å². The number of pyridine rings is 1. The molecule has 0 amide bonds. The van der Waals surface area contributed by atoms with E-state index in [1.807, 2.05) is 30.5 Å². The van der Waals surface area contributed by atoms with Crippen LogP contribution in [0.25, 0.3) is 0 Å². The molecule has 0 radical (unpaired) electrons. The van der Waals surface area contributed by atoms with E-state index in [4.69, 9.17) is 4.99 Å². The molecule has 0 fully saturated rings. The van der Waals surface area contributed by atoms with Crippen LogP contribution in [0.15, 0.2) is 77.9 Å². The predicted octanol–water partition coefficient (Wildman–Crippen LogP) is 4.99. The Morgan fingerprint density at radius 3 is 2.39 bits per heavy atom. The van der Waals surface area contributed by atoms with Gasteiger partial charge in [-0.2, -0.15) is 0 Å². The van der Waals surface area contributed by atoms with E-state index in [9.17, 15) is 0 Å². The van der Waals surface area contributed by atoms with Crippen LogP contribution in [-0.2, 0) is 12.8 Å². The third-order valence-electron chi connectivity index (χ3n) is 3.84. The lowest BCUT2D eigenvalue weighted by molar-refractivity contribution is 1.10. The average molecular weight is 300 g/mol. The predicted molar refractivity (Wildman–Crippen MR) is 96.6 cm³/mol. The van der Waals surface area contributed by atoms with E-state index in [1.54, 1.807) is 6.20 Å². The Bertz CT molecular complexity index is 777. The highest BCUT2D eigenvalue weighted by Gasteiger charge is 2.07. The van der Waals surface area contributed by atoms with Gasteiger partial charge in [0.2, 0.25) is 0 Å². The number of hydrogen-bond acceptors (Lipinski definition) is 2. The maximum Gasteiger partial charge on any atom is 0.0812 e. The summed E-state index contributed by atoms with van der Waals surface area (Å²) in [6.45, 7) is 2.17. The first-order chi connectivity index (χ1) is 11.4. The molecule has 0 aliphatic heterocycles. The molecule has 2 nitrogen and oxygen atoms in total. The van der Waals surface area contributed by atoms with Crippen LogP contribution < -0.4 is 0 Å². The van der Waals surface area contributed by atoms with Gasteiger partial charge in [0.25, 0.3) is 0 Å². The summed E-state index contributed by atoms with van der Waals surface area (Å²) in [7, 11) is 0. The summed E-state index contributed by atoms with van der Waals surface area (Å²) >= 11 is 0. The largest absolute Gasteiger partial charge is 0.255 e. The van der Waals surface area contributed by atoms with Gasteiger partial charge in [-0.25, -0.2) is 0 Å². The highest BCUT2D eigenvalue weighted by Crippen LogP contribution is 2.27. The van der Waals surface area contributed by atoms with Crippen molar-refractivity contribution in [1.29, 1.82) is 0 Å². The standard InChI is InChI=1S/C21H20N2/c1-2-18-11-8-12-19(15-17-9-4-3-5-10-17)21(18)23-16-20-13-6-7-14-22-20/h3-14,16H,2,15H2,1H3. The molecule has 0 N–H and O–H groups in total. The van der Waals surface area contributed by atoms with Gasteiger partial charge in [-0.3, -0.25) is 9.98 Å². The summed E-state index contributed by atoms with van der Waals surface area (Å²) < 4.78 is 0. The van der Waals surface area contributed by atoms with Gasteiger partial charge in [0.15, 0.2) is 0 Å². The number of hydrogen-bond donors (Lipinski definition) is 0. The van der Waals surface area contributed by atoms with Gasteiger partial charge in [-0.05, 0) is 41.7 Å². The van der Waals surface area contributed by atoms with E-state index < -0.39 is 0 Å². The van der Waals surface area contributed by atoms with Gasteiger partial charge < -0.3 is 0 Å². The van der Waals surface area contributed by atoms with Crippen molar-refractivity contribution in [3.8, 4) is 0 Å². The Kier molecular flexibility index (Phi) is 4.95. The third-order valence-corrected chi connectivity index (χ3v) is 3.84. The minimum atomic E-state index is 0.879. The van der Waals surface area contributed by atoms with Gasteiger partial charge in [0.1, 0.15) is 0 Å². The van der Waals surface area contributed by atoms with Crippen LogP contribution in [0.2, 0.25) is 0 Å². The summed E-state index contributed by atoms with van der Waals surface area (Å²) in [5, 5.41) is 0. The van der Waals surface area contributed by atoms with Crippen molar-refractivity contribution >= 4 is 11.9 Å². The number of aliphatic imine (C=N–C) groups is 1. The zero-order valence-electron chi connectivity index (χ0n) is 13.3.